The fourth-order valence-corrected chi connectivity index (χ4v) is 2.67. The summed E-state index contributed by atoms with van der Waals surface area (Å²) in [5.74, 6) is 0. The Labute approximate surface area is 114 Å². The average molecular weight is 281 g/mol. The molecule has 20 heavy (non-hydrogen) atoms. The van der Waals surface area contributed by atoms with Crippen LogP contribution >= 0.6 is 0 Å². The van der Waals surface area contributed by atoms with Gasteiger partial charge in [0, 0.05) is 17.4 Å². The first-order valence-electron chi connectivity index (χ1n) is 6.40. The molecule has 0 spiro atoms. The van der Waals surface area contributed by atoms with E-state index in [1.807, 2.05) is 11.5 Å². The van der Waals surface area contributed by atoms with E-state index in [1.165, 1.54) is 12.1 Å². The van der Waals surface area contributed by atoms with Crippen molar-refractivity contribution in [1.29, 1.82) is 0 Å². The van der Waals surface area contributed by atoms with Crippen molar-refractivity contribution in [1.82, 2.24) is 9.55 Å². The summed E-state index contributed by atoms with van der Waals surface area (Å²) in [5.41, 5.74) is 8.52. The highest BCUT2D eigenvalue weighted by atomic mass is 19.4. The fraction of sp³-hybridized carbons (Fsp3) is 0.357. The van der Waals surface area contributed by atoms with Gasteiger partial charge in [-0.2, -0.15) is 13.2 Å². The summed E-state index contributed by atoms with van der Waals surface area (Å²) in [7, 11) is 0. The predicted octanol–water partition coefficient (Wildman–Crippen LogP) is 3.01. The summed E-state index contributed by atoms with van der Waals surface area (Å²) in [5, 5.41) is 0. The Morgan fingerprint density at radius 1 is 1.30 bits per heavy atom. The smallest absolute Gasteiger partial charge is 0.323 e. The number of imidazole rings is 1. The maximum absolute atomic E-state index is 12.7. The van der Waals surface area contributed by atoms with Crippen LogP contribution < -0.4 is 5.73 Å². The summed E-state index contributed by atoms with van der Waals surface area (Å²) < 4.78 is 40.0. The predicted molar refractivity (Wildman–Crippen MR) is 68.6 cm³/mol. The van der Waals surface area contributed by atoms with Crippen molar-refractivity contribution in [2.75, 3.05) is 0 Å². The Hall–Kier alpha value is -1.82. The van der Waals surface area contributed by atoms with Gasteiger partial charge in [-0.3, -0.25) is 0 Å². The molecule has 1 unspecified atom stereocenters. The Morgan fingerprint density at radius 3 is 2.70 bits per heavy atom. The molecular weight excluding hydrogens is 267 g/mol. The molecule has 0 saturated heterocycles. The standard InChI is InChI=1S/C14H14F3N3/c1-8(18)13-12-4-2-9-6-10(14(15,16)17)3-5-11(9)20(12)7-19-13/h3,5-8H,2,4,18H2,1H3. The van der Waals surface area contributed by atoms with Gasteiger partial charge in [-0.1, -0.05) is 0 Å². The monoisotopic (exact) mass is 281 g/mol. The van der Waals surface area contributed by atoms with E-state index in [0.29, 0.717) is 18.4 Å². The second kappa shape index (κ2) is 4.34. The lowest BCUT2D eigenvalue weighted by Gasteiger charge is -2.21. The van der Waals surface area contributed by atoms with Crippen LogP contribution in [-0.4, -0.2) is 9.55 Å². The molecule has 3 nitrogen and oxygen atoms in total. The minimum Gasteiger partial charge on any atom is -0.323 e. The molecule has 2 heterocycles. The van der Waals surface area contributed by atoms with E-state index in [9.17, 15) is 13.2 Å². The van der Waals surface area contributed by atoms with Gasteiger partial charge in [0.1, 0.15) is 0 Å². The molecular formula is C14H14F3N3. The number of aromatic nitrogens is 2. The molecule has 1 aromatic carbocycles. The van der Waals surface area contributed by atoms with Gasteiger partial charge in [0.2, 0.25) is 0 Å². The Kier molecular flexibility index (Phi) is 2.86. The van der Waals surface area contributed by atoms with Crippen LogP contribution in [0.2, 0.25) is 0 Å². The van der Waals surface area contributed by atoms with E-state index < -0.39 is 11.7 Å². The van der Waals surface area contributed by atoms with Crippen LogP contribution in [-0.2, 0) is 19.0 Å². The number of halogens is 3. The van der Waals surface area contributed by atoms with Crippen LogP contribution in [0.25, 0.3) is 5.69 Å². The zero-order valence-electron chi connectivity index (χ0n) is 10.9. The first-order valence-corrected chi connectivity index (χ1v) is 6.40. The molecule has 1 aliphatic rings. The molecule has 3 rings (SSSR count). The zero-order valence-corrected chi connectivity index (χ0v) is 10.9. The third kappa shape index (κ3) is 2.00. The maximum atomic E-state index is 12.7. The van der Waals surface area contributed by atoms with Gasteiger partial charge in [-0.05, 0) is 43.5 Å². The average Bonchev–Trinajstić information content (AvgIpc) is 2.81. The maximum Gasteiger partial charge on any atom is 0.416 e. The molecule has 6 heteroatoms. The minimum absolute atomic E-state index is 0.178. The van der Waals surface area contributed by atoms with Crippen LogP contribution in [0.5, 0.6) is 0 Å². The summed E-state index contributed by atoms with van der Waals surface area (Å²) >= 11 is 0. The van der Waals surface area contributed by atoms with E-state index >= 15 is 0 Å². The van der Waals surface area contributed by atoms with Crippen LogP contribution in [0.1, 0.15) is 35.5 Å². The number of fused-ring (bicyclic) bond motifs is 3. The molecule has 1 atom stereocenters. The largest absolute Gasteiger partial charge is 0.416 e. The van der Waals surface area contributed by atoms with Gasteiger partial charge >= 0.3 is 6.18 Å². The molecule has 0 radical (unpaired) electrons. The van der Waals surface area contributed by atoms with Crippen LogP contribution in [0.15, 0.2) is 24.5 Å². The molecule has 0 aliphatic carbocycles. The number of nitrogens with two attached hydrogens (primary N) is 1. The van der Waals surface area contributed by atoms with Gasteiger partial charge < -0.3 is 10.3 Å². The normalized spacial score (nSPS) is 15.7. The van der Waals surface area contributed by atoms with Crippen molar-refractivity contribution in [2.45, 2.75) is 32.0 Å². The summed E-state index contributed by atoms with van der Waals surface area (Å²) in [4.78, 5) is 4.28. The van der Waals surface area contributed by atoms with Crippen LogP contribution in [0.3, 0.4) is 0 Å². The van der Waals surface area contributed by atoms with E-state index in [4.69, 9.17) is 5.73 Å². The third-order valence-electron chi connectivity index (χ3n) is 3.63. The summed E-state index contributed by atoms with van der Waals surface area (Å²) in [6.07, 6.45) is -1.43. The molecule has 1 aliphatic heterocycles. The highest BCUT2D eigenvalue weighted by Gasteiger charge is 2.32. The third-order valence-corrected chi connectivity index (χ3v) is 3.63. The van der Waals surface area contributed by atoms with Gasteiger partial charge in [0.05, 0.1) is 17.6 Å². The van der Waals surface area contributed by atoms with Crippen LogP contribution in [0, 0.1) is 0 Å². The van der Waals surface area contributed by atoms with E-state index in [-0.39, 0.29) is 6.04 Å². The second-order valence-corrected chi connectivity index (χ2v) is 5.08. The number of hydrogen-bond donors (Lipinski definition) is 1. The number of benzene rings is 1. The van der Waals surface area contributed by atoms with E-state index in [1.54, 1.807) is 6.33 Å². The summed E-state index contributed by atoms with van der Waals surface area (Å²) in [6.45, 7) is 1.85. The van der Waals surface area contributed by atoms with Crippen molar-refractivity contribution in [3.63, 3.8) is 0 Å². The number of rotatable bonds is 1. The highest BCUT2D eigenvalue weighted by molar-refractivity contribution is 5.49. The van der Waals surface area contributed by atoms with Gasteiger partial charge in [-0.15, -0.1) is 0 Å². The van der Waals surface area contributed by atoms with Crippen molar-refractivity contribution in [3.05, 3.63) is 47.0 Å². The van der Waals surface area contributed by atoms with E-state index in [0.717, 1.165) is 23.1 Å². The zero-order chi connectivity index (χ0) is 14.5. The van der Waals surface area contributed by atoms with Crippen molar-refractivity contribution < 1.29 is 13.2 Å². The van der Waals surface area contributed by atoms with E-state index in [2.05, 4.69) is 4.98 Å². The number of aryl methyl sites for hydroxylation is 1. The lowest BCUT2D eigenvalue weighted by Crippen LogP contribution is -2.16. The van der Waals surface area contributed by atoms with Gasteiger partial charge in [0.15, 0.2) is 0 Å². The number of nitrogens with zero attached hydrogens (tertiary/aromatic N) is 2. The summed E-state index contributed by atoms with van der Waals surface area (Å²) in [6, 6.07) is 3.67. The molecule has 2 aromatic rings. The van der Waals surface area contributed by atoms with Crippen molar-refractivity contribution in [2.24, 2.45) is 5.73 Å². The van der Waals surface area contributed by atoms with Crippen LogP contribution in [0.4, 0.5) is 13.2 Å². The molecule has 0 amide bonds. The molecule has 1 aromatic heterocycles. The highest BCUT2D eigenvalue weighted by Crippen LogP contribution is 2.34. The Bertz CT molecular complexity index is 656. The second-order valence-electron chi connectivity index (χ2n) is 5.08. The van der Waals surface area contributed by atoms with Crippen molar-refractivity contribution in [3.8, 4) is 5.69 Å². The minimum atomic E-state index is -4.30. The molecule has 2 N–H and O–H groups in total. The first-order chi connectivity index (χ1) is 9.38. The lowest BCUT2D eigenvalue weighted by atomic mass is 9.97. The molecule has 106 valence electrons. The number of hydrogen-bond acceptors (Lipinski definition) is 2. The van der Waals surface area contributed by atoms with Gasteiger partial charge in [0.25, 0.3) is 0 Å². The van der Waals surface area contributed by atoms with Crippen molar-refractivity contribution >= 4 is 0 Å². The SMILES string of the molecule is CC(N)c1ncn2c1CCc1cc(C(F)(F)F)ccc1-2. The molecule has 0 fully saturated rings. The lowest BCUT2D eigenvalue weighted by molar-refractivity contribution is -0.137. The molecule has 0 saturated carbocycles. The Balaban J connectivity index is 2.10. The number of alkyl halides is 3. The first kappa shape index (κ1) is 13.2. The molecule has 0 bridgehead atoms. The fourth-order valence-electron chi connectivity index (χ4n) is 2.67. The Morgan fingerprint density at radius 2 is 2.05 bits per heavy atom. The quantitative estimate of drug-likeness (QED) is 0.873. The topological polar surface area (TPSA) is 43.8 Å². The van der Waals surface area contributed by atoms with Gasteiger partial charge in [-0.25, -0.2) is 4.98 Å².